The van der Waals surface area contributed by atoms with Crippen LogP contribution in [0.3, 0.4) is 0 Å². The van der Waals surface area contributed by atoms with Gasteiger partial charge in [-0.25, -0.2) is 0 Å². The largest absolute Gasteiger partial charge is 0.382 e. The van der Waals surface area contributed by atoms with Crippen LogP contribution in [0.15, 0.2) is 29.5 Å². The zero-order valence-corrected chi connectivity index (χ0v) is 15.9. The van der Waals surface area contributed by atoms with Gasteiger partial charge in [-0.3, -0.25) is 4.99 Å². The summed E-state index contributed by atoms with van der Waals surface area (Å²) in [5.41, 5.74) is 0. The molecule has 0 amide bonds. The van der Waals surface area contributed by atoms with Crippen LogP contribution in [0.25, 0.3) is 0 Å². The number of halogens is 1. The fourth-order valence-corrected chi connectivity index (χ4v) is 1.82. The molecule has 0 saturated heterocycles. The Hall–Kier alpha value is -0.800. The van der Waals surface area contributed by atoms with Gasteiger partial charge in [0.15, 0.2) is 5.96 Å². The average Bonchev–Trinajstić information content (AvgIpc) is 3.01. The van der Waals surface area contributed by atoms with E-state index in [0.717, 1.165) is 45.0 Å². The van der Waals surface area contributed by atoms with Crippen LogP contribution in [0.2, 0.25) is 0 Å². The monoisotopic (exact) mass is 424 g/mol. The Bertz CT molecular complexity index is 372. The zero-order valence-electron chi connectivity index (χ0n) is 13.6. The van der Waals surface area contributed by atoms with Gasteiger partial charge in [-0.05, 0) is 25.0 Å². The van der Waals surface area contributed by atoms with Gasteiger partial charge in [0, 0.05) is 52.8 Å². The molecule has 0 aliphatic carbocycles. The van der Waals surface area contributed by atoms with E-state index in [9.17, 15) is 0 Å². The normalized spacial score (nSPS) is 11.1. The number of hydrogen-bond donors (Lipinski definition) is 2. The first kappa shape index (κ1) is 21.2. The number of aliphatic imine (C=N–C) groups is 1. The van der Waals surface area contributed by atoms with E-state index in [2.05, 4.69) is 32.6 Å². The molecule has 6 nitrogen and oxygen atoms in total. The molecule has 1 aromatic heterocycles. The first-order chi connectivity index (χ1) is 10.4. The second-order valence-electron chi connectivity index (χ2n) is 4.66. The molecule has 0 atom stereocenters. The first-order valence-corrected chi connectivity index (χ1v) is 7.48. The molecule has 0 aliphatic rings. The SMILES string of the molecule is CN=C(NCCCCOCCOC)NCCn1cccc1.I. The van der Waals surface area contributed by atoms with Crippen molar-refractivity contribution in [2.24, 2.45) is 4.99 Å². The molecule has 1 rings (SSSR count). The van der Waals surface area contributed by atoms with Crippen LogP contribution in [0.5, 0.6) is 0 Å². The average molecular weight is 424 g/mol. The molecule has 0 radical (unpaired) electrons. The van der Waals surface area contributed by atoms with Crippen LogP contribution in [0.4, 0.5) is 0 Å². The van der Waals surface area contributed by atoms with Crippen molar-refractivity contribution in [2.45, 2.75) is 19.4 Å². The number of ether oxygens (including phenoxy) is 2. The Kier molecular flexibility index (Phi) is 14.6. The van der Waals surface area contributed by atoms with Gasteiger partial charge in [-0.15, -0.1) is 24.0 Å². The molecule has 1 aromatic rings. The van der Waals surface area contributed by atoms with Crippen LogP contribution in [0, 0.1) is 0 Å². The third-order valence-electron chi connectivity index (χ3n) is 2.99. The Labute approximate surface area is 150 Å². The number of unbranched alkanes of at least 4 members (excludes halogenated alkanes) is 1. The summed E-state index contributed by atoms with van der Waals surface area (Å²) in [6.07, 6.45) is 6.21. The topological polar surface area (TPSA) is 59.8 Å². The number of methoxy groups -OCH3 is 1. The summed E-state index contributed by atoms with van der Waals surface area (Å²) in [5.74, 6) is 0.849. The summed E-state index contributed by atoms with van der Waals surface area (Å²) in [4.78, 5) is 4.20. The van der Waals surface area contributed by atoms with Crippen LogP contribution in [-0.2, 0) is 16.0 Å². The van der Waals surface area contributed by atoms with Crippen molar-refractivity contribution < 1.29 is 9.47 Å². The highest BCUT2D eigenvalue weighted by Crippen LogP contribution is 1.90. The Morgan fingerprint density at radius 1 is 1.05 bits per heavy atom. The minimum atomic E-state index is 0. The van der Waals surface area contributed by atoms with Gasteiger partial charge < -0.3 is 24.7 Å². The predicted octanol–water partition coefficient (Wildman–Crippen LogP) is 1.71. The summed E-state index contributed by atoms with van der Waals surface area (Å²) < 4.78 is 12.5. The minimum Gasteiger partial charge on any atom is -0.382 e. The Morgan fingerprint density at radius 2 is 1.77 bits per heavy atom. The summed E-state index contributed by atoms with van der Waals surface area (Å²) in [6, 6.07) is 4.06. The van der Waals surface area contributed by atoms with E-state index in [-0.39, 0.29) is 24.0 Å². The molecule has 0 aromatic carbocycles. The van der Waals surface area contributed by atoms with Gasteiger partial charge in [-0.1, -0.05) is 0 Å². The first-order valence-electron chi connectivity index (χ1n) is 7.48. The zero-order chi connectivity index (χ0) is 15.2. The van der Waals surface area contributed by atoms with Gasteiger partial charge >= 0.3 is 0 Å². The molecular weight excluding hydrogens is 395 g/mol. The Morgan fingerprint density at radius 3 is 2.45 bits per heavy atom. The smallest absolute Gasteiger partial charge is 0.191 e. The molecular formula is C15H29IN4O2. The maximum absolute atomic E-state index is 5.41. The van der Waals surface area contributed by atoms with Crippen LogP contribution in [0.1, 0.15) is 12.8 Å². The van der Waals surface area contributed by atoms with E-state index in [4.69, 9.17) is 9.47 Å². The van der Waals surface area contributed by atoms with Crippen molar-refractivity contribution in [3.8, 4) is 0 Å². The Balaban J connectivity index is 0.00000441. The predicted molar refractivity (Wildman–Crippen MR) is 101 cm³/mol. The summed E-state index contributed by atoms with van der Waals surface area (Å²) >= 11 is 0. The number of aromatic nitrogens is 1. The standard InChI is InChI=1S/C15H28N4O2.HI/c1-16-15(18-8-11-19-9-4-5-10-19)17-7-3-6-12-21-14-13-20-2;/h4-5,9-10H,3,6-8,11-14H2,1-2H3,(H2,16,17,18);1H. The molecule has 1 heterocycles. The highest BCUT2D eigenvalue weighted by molar-refractivity contribution is 14.0. The van der Waals surface area contributed by atoms with Crippen LogP contribution < -0.4 is 10.6 Å². The second-order valence-corrected chi connectivity index (χ2v) is 4.66. The number of hydrogen-bond acceptors (Lipinski definition) is 3. The van der Waals surface area contributed by atoms with Crippen molar-refractivity contribution in [1.29, 1.82) is 0 Å². The quantitative estimate of drug-likeness (QED) is 0.246. The van der Waals surface area contributed by atoms with Gasteiger partial charge in [0.25, 0.3) is 0 Å². The van der Waals surface area contributed by atoms with Crippen molar-refractivity contribution in [3.05, 3.63) is 24.5 Å². The highest BCUT2D eigenvalue weighted by atomic mass is 127. The lowest BCUT2D eigenvalue weighted by atomic mass is 10.3. The maximum atomic E-state index is 5.41. The number of guanidine groups is 1. The molecule has 7 heteroatoms. The third kappa shape index (κ3) is 10.9. The molecule has 0 aliphatic heterocycles. The van der Waals surface area contributed by atoms with Gasteiger partial charge in [0.1, 0.15) is 0 Å². The lowest BCUT2D eigenvalue weighted by Crippen LogP contribution is -2.39. The molecule has 22 heavy (non-hydrogen) atoms. The number of nitrogens with one attached hydrogen (secondary N) is 2. The second kappa shape index (κ2) is 15.1. The molecule has 2 N–H and O–H groups in total. The number of rotatable bonds is 11. The van der Waals surface area contributed by atoms with E-state index in [0.29, 0.717) is 13.2 Å². The molecule has 0 fully saturated rings. The summed E-state index contributed by atoms with van der Waals surface area (Å²) in [5, 5.41) is 6.60. The number of nitrogens with zero attached hydrogens (tertiary/aromatic N) is 2. The third-order valence-corrected chi connectivity index (χ3v) is 2.99. The van der Waals surface area contributed by atoms with E-state index in [1.54, 1.807) is 14.2 Å². The van der Waals surface area contributed by atoms with Gasteiger partial charge in [0.2, 0.25) is 0 Å². The van der Waals surface area contributed by atoms with Gasteiger partial charge in [-0.2, -0.15) is 0 Å². The lowest BCUT2D eigenvalue weighted by molar-refractivity contribution is 0.0689. The fraction of sp³-hybridized carbons (Fsp3) is 0.667. The van der Waals surface area contributed by atoms with Crippen molar-refractivity contribution in [3.63, 3.8) is 0 Å². The van der Waals surface area contributed by atoms with Gasteiger partial charge in [0.05, 0.1) is 13.2 Å². The van der Waals surface area contributed by atoms with E-state index in [1.165, 1.54) is 0 Å². The van der Waals surface area contributed by atoms with E-state index < -0.39 is 0 Å². The van der Waals surface area contributed by atoms with Crippen LogP contribution in [-0.4, -0.2) is 57.6 Å². The van der Waals surface area contributed by atoms with Crippen LogP contribution >= 0.6 is 24.0 Å². The molecule has 128 valence electrons. The highest BCUT2D eigenvalue weighted by Gasteiger charge is 1.97. The van der Waals surface area contributed by atoms with Crippen molar-refractivity contribution in [1.82, 2.24) is 15.2 Å². The molecule has 0 spiro atoms. The summed E-state index contributed by atoms with van der Waals surface area (Å²) in [6.45, 7) is 4.81. The summed E-state index contributed by atoms with van der Waals surface area (Å²) in [7, 11) is 3.47. The van der Waals surface area contributed by atoms with E-state index in [1.807, 2.05) is 12.1 Å². The molecule has 0 unspecified atom stereocenters. The van der Waals surface area contributed by atoms with E-state index >= 15 is 0 Å². The van der Waals surface area contributed by atoms with Crippen molar-refractivity contribution >= 4 is 29.9 Å². The molecule has 0 bridgehead atoms. The lowest BCUT2D eigenvalue weighted by Gasteiger charge is -2.12. The fourth-order valence-electron chi connectivity index (χ4n) is 1.82. The van der Waals surface area contributed by atoms with Crippen molar-refractivity contribution in [2.75, 3.05) is 47.1 Å². The maximum Gasteiger partial charge on any atom is 0.191 e. The minimum absolute atomic E-state index is 0. The molecule has 0 saturated carbocycles.